The van der Waals surface area contributed by atoms with Crippen LogP contribution in [-0.2, 0) is 19.1 Å². The normalized spacial score (nSPS) is 11.6. The third-order valence-corrected chi connectivity index (χ3v) is 3.20. The Bertz CT molecular complexity index is 646. The van der Waals surface area contributed by atoms with Gasteiger partial charge in [0.05, 0.1) is 12.8 Å². The van der Waals surface area contributed by atoms with Crippen LogP contribution in [0.3, 0.4) is 0 Å². The first-order valence-corrected chi connectivity index (χ1v) is 7.25. The summed E-state index contributed by atoms with van der Waals surface area (Å²) in [7, 11) is 1.43. The summed E-state index contributed by atoms with van der Waals surface area (Å²) in [5, 5.41) is 18.1. The number of aryl methyl sites for hydroxylation is 1. The number of carboxylic acid groups (broad SMARTS) is 2. The second-order valence-corrected chi connectivity index (χ2v) is 5.17. The standard InChI is InChI=1S/C17H20O7/c1-11-4-3-5-13(8-11)24-16(20)9-12(6-7-23-2)14(17(21)22)10-15(18)19/h3-5,8H,6-7,9-10H2,1-2H3,(H,18,19)(H,21,22). The lowest BCUT2D eigenvalue weighted by Crippen LogP contribution is -2.16. The van der Waals surface area contributed by atoms with Crippen molar-refractivity contribution in [2.24, 2.45) is 0 Å². The summed E-state index contributed by atoms with van der Waals surface area (Å²) < 4.78 is 10.1. The largest absolute Gasteiger partial charge is 0.481 e. The number of carbonyl (C=O) groups is 3. The number of carbonyl (C=O) groups excluding carboxylic acids is 1. The molecule has 0 aliphatic carbocycles. The fraction of sp³-hybridized carbons (Fsp3) is 0.353. The molecule has 0 aromatic heterocycles. The van der Waals surface area contributed by atoms with Gasteiger partial charge in [-0.3, -0.25) is 9.59 Å². The van der Waals surface area contributed by atoms with Gasteiger partial charge in [0, 0.05) is 19.3 Å². The molecule has 0 aliphatic rings. The number of hydrogen-bond acceptors (Lipinski definition) is 5. The lowest BCUT2D eigenvalue weighted by Gasteiger charge is -2.11. The summed E-state index contributed by atoms with van der Waals surface area (Å²) in [5.41, 5.74) is 0.776. The highest BCUT2D eigenvalue weighted by Crippen LogP contribution is 2.20. The van der Waals surface area contributed by atoms with E-state index in [4.69, 9.17) is 14.6 Å². The smallest absolute Gasteiger partial charge is 0.332 e. The van der Waals surface area contributed by atoms with Gasteiger partial charge < -0.3 is 19.7 Å². The van der Waals surface area contributed by atoms with Crippen LogP contribution < -0.4 is 4.74 Å². The molecule has 0 radical (unpaired) electrons. The summed E-state index contributed by atoms with van der Waals surface area (Å²) in [6, 6.07) is 6.86. The summed E-state index contributed by atoms with van der Waals surface area (Å²) in [5.74, 6) is -2.96. The van der Waals surface area contributed by atoms with E-state index in [1.54, 1.807) is 18.2 Å². The van der Waals surface area contributed by atoms with Crippen LogP contribution >= 0.6 is 0 Å². The topological polar surface area (TPSA) is 110 Å². The van der Waals surface area contributed by atoms with Crippen molar-refractivity contribution in [1.82, 2.24) is 0 Å². The fourth-order valence-corrected chi connectivity index (χ4v) is 2.09. The van der Waals surface area contributed by atoms with E-state index in [0.29, 0.717) is 5.75 Å². The van der Waals surface area contributed by atoms with Gasteiger partial charge in [0.25, 0.3) is 0 Å². The van der Waals surface area contributed by atoms with Gasteiger partial charge in [-0.1, -0.05) is 12.1 Å². The van der Waals surface area contributed by atoms with E-state index in [2.05, 4.69) is 0 Å². The molecular formula is C17H20O7. The van der Waals surface area contributed by atoms with Crippen molar-refractivity contribution in [1.29, 1.82) is 0 Å². The molecule has 24 heavy (non-hydrogen) atoms. The molecule has 1 rings (SSSR count). The maximum Gasteiger partial charge on any atom is 0.332 e. The maximum atomic E-state index is 12.1. The molecule has 0 spiro atoms. The lowest BCUT2D eigenvalue weighted by molar-refractivity contribution is -0.140. The Morgan fingerprint density at radius 2 is 1.83 bits per heavy atom. The number of aliphatic carboxylic acids is 2. The Labute approximate surface area is 139 Å². The molecule has 0 atom stereocenters. The molecule has 0 heterocycles. The quantitative estimate of drug-likeness (QED) is 0.404. The molecule has 0 saturated carbocycles. The molecule has 0 unspecified atom stereocenters. The van der Waals surface area contributed by atoms with Gasteiger partial charge >= 0.3 is 17.9 Å². The van der Waals surface area contributed by atoms with Gasteiger partial charge in [-0.15, -0.1) is 0 Å². The van der Waals surface area contributed by atoms with Crippen LogP contribution in [0, 0.1) is 6.92 Å². The molecule has 0 fully saturated rings. The number of methoxy groups -OCH3 is 1. The van der Waals surface area contributed by atoms with Crippen LogP contribution in [0.1, 0.15) is 24.8 Å². The van der Waals surface area contributed by atoms with Crippen molar-refractivity contribution in [3.63, 3.8) is 0 Å². The molecule has 0 aliphatic heterocycles. The number of benzene rings is 1. The van der Waals surface area contributed by atoms with Crippen LogP contribution in [0.4, 0.5) is 0 Å². The van der Waals surface area contributed by atoms with Gasteiger partial charge in [0.15, 0.2) is 0 Å². The van der Waals surface area contributed by atoms with Crippen LogP contribution in [0.15, 0.2) is 35.4 Å². The van der Waals surface area contributed by atoms with E-state index < -0.39 is 24.3 Å². The van der Waals surface area contributed by atoms with Gasteiger partial charge in [-0.05, 0) is 36.6 Å². The minimum absolute atomic E-state index is 0.133. The van der Waals surface area contributed by atoms with Crippen molar-refractivity contribution in [3.8, 4) is 5.75 Å². The highest BCUT2D eigenvalue weighted by Gasteiger charge is 2.20. The van der Waals surface area contributed by atoms with Crippen molar-refractivity contribution >= 4 is 17.9 Å². The Morgan fingerprint density at radius 1 is 1.12 bits per heavy atom. The first kappa shape index (κ1) is 19.4. The van der Waals surface area contributed by atoms with Gasteiger partial charge in [-0.25, -0.2) is 4.79 Å². The summed E-state index contributed by atoms with van der Waals surface area (Å²) in [6.07, 6.45) is -0.855. The van der Waals surface area contributed by atoms with Gasteiger partial charge in [0.2, 0.25) is 0 Å². The van der Waals surface area contributed by atoms with Gasteiger partial charge in [0.1, 0.15) is 5.75 Å². The van der Waals surface area contributed by atoms with E-state index in [0.717, 1.165) is 5.56 Å². The zero-order valence-corrected chi connectivity index (χ0v) is 13.6. The molecule has 0 bridgehead atoms. The second kappa shape index (κ2) is 9.46. The fourth-order valence-electron chi connectivity index (χ4n) is 2.09. The molecular weight excluding hydrogens is 316 g/mol. The number of ether oxygens (including phenoxy) is 2. The Morgan fingerprint density at radius 3 is 2.38 bits per heavy atom. The van der Waals surface area contributed by atoms with E-state index in [1.165, 1.54) is 7.11 Å². The van der Waals surface area contributed by atoms with E-state index >= 15 is 0 Å². The number of hydrogen-bond donors (Lipinski definition) is 2. The first-order chi connectivity index (χ1) is 11.3. The van der Waals surface area contributed by atoms with Crippen LogP contribution in [-0.4, -0.2) is 41.8 Å². The summed E-state index contributed by atoms with van der Waals surface area (Å²) in [4.78, 5) is 34.2. The SMILES string of the molecule is COCCC(CC(=O)Oc1cccc(C)c1)=C(CC(=O)O)C(=O)O. The number of carboxylic acids is 2. The minimum atomic E-state index is -1.37. The molecule has 1 aromatic rings. The summed E-state index contributed by atoms with van der Waals surface area (Å²) >= 11 is 0. The van der Waals surface area contributed by atoms with Crippen molar-refractivity contribution in [3.05, 3.63) is 41.0 Å². The minimum Gasteiger partial charge on any atom is -0.481 e. The Kier molecular flexibility index (Phi) is 7.64. The van der Waals surface area contributed by atoms with Crippen LogP contribution in [0.25, 0.3) is 0 Å². The van der Waals surface area contributed by atoms with E-state index in [-0.39, 0.29) is 30.6 Å². The zero-order valence-electron chi connectivity index (χ0n) is 13.6. The van der Waals surface area contributed by atoms with E-state index in [9.17, 15) is 19.5 Å². The second-order valence-electron chi connectivity index (χ2n) is 5.17. The molecule has 7 heteroatoms. The first-order valence-electron chi connectivity index (χ1n) is 7.25. The van der Waals surface area contributed by atoms with Crippen LogP contribution in [0.5, 0.6) is 5.75 Å². The molecule has 0 amide bonds. The van der Waals surface area contributed by atoms with Crippen molar-refractivity contribution < 1.29 is 34.1 Å². The van der Waals surface area contributed by atoms with Gasteiger partial charge in [-0.2, -0.15) is 0 Å². The molecule has 7 nitrogen and oxygen atoms in total. The van der Waals surface area contributed by atoms with Crippen molar-refractivity contribution in [2.45, 2.75) is 26.2 Å². The third-order valence-electron chi connectivity index (χ3n) is 3.20. The van der Waals surface area contributed by atoms with Crippen LogP contribution in [0.2, 0.25) is 0 Å². The monoisotopic (exact) mass is 336 g/mol. The summed E-state index contributed by atoms with van der Waals surface area (Å²) in [6.45, 7) is 2.01. The highest BCUT2D eigenvalue weighted by atomic mass is 16.5. The number of esters is 1. The molecule has 2 N–H and O–H groups in total. The lowest BCUT2D eigenvalue weighted by atomic mass is 9.99. The predicted octanol–water partition coefficient (Wildman–Crippen LogP) is 2.18. The molecule has 130 valence electrons. The third kappa shape index (κ3) is 6.62. The average molecular weight is 336 g/mol. The zero-order chi connectivity index (χ0) is 18.1. The molecule has 1 aromatic carbocycles. The predicted molar refractivity (Wildman–Crippen MR) is 84.8 cm³/mol. The molecule has 0 saturated heterocycles. The average Bonchev–Trinajstić information content (AvgIpc) is 2.48. The Hall–Kier alpha value is -2.67. The Balaban J connectivity index is 2.96. The number of rotatable bonds is 9. The van der Waals surface area contributed by atoms with Crippen molar-refractivity contribution in [2.75, 3.05) is 13.7 Å². The highest BCUT2D eigenvalue weighted by molar-refractivity contribution is 5.94. The maximum absolute atomic E-state index is 12.1. The van der Waals surface area contributed by atoms with E-state index in [1.807, 2.05) is 13.0 Å².